The summed E-state index contributed by atoms with van der Waals surface area (Å²) in [6, 6.07) is 1.90. The maximum Gasteiger partial charge on any atom is 0.133 e. The average molecular weight is 236 g/mol. The van der Waals surface area contributed by atoms with Gasteiger partial charge in [-0.1, -0.05) is 5.16 Å². The Labute approximate surface area is 99.2 Å². The van der Waals surface area contributed by atoms with E-state index in [4.69, 9.17) is 9.63 Å². The fraction of sp³-hybridized carbons (Fsp3) is 0.455. The van der Waals surface area contributed by atoms with Gasteiger partial charge in [0, 0.05) is 30.9 Å². The molecule has 0 unspecified atom stereocenters. The van der Waals surface area contributed by atoms with E-state index < -0.39 is 0 Å². The van der Waals surface area contributed by atoms with Gasteiger partial charge >= 0.3 is 0 Å². The molecule has 0 atom stereocenters. The van der Waals surface area contributed by atoms with Gasteiger partial charge in [0.2, 0.25) is 0 Å². The van der Waals surface area contributed by atoms with Crippen LogP contribution in [0.25, 0.3) is 0 Å². The third-order valence-corrected chi connectivity index (χ3v) is 2.33. The van der Waals surface area contributed by atoms with Crippen LogP contribution in [0.3, 0.4) is 0 Å². The summed E-state index contributed by atoms with van der Waals surface area (Å²) in [6.45, 7) is 3.89. The minimum Gasteiger partial charge on any atom is -0.394 e. The molecule has 0 fully saturated rings. The zero-order valence-corrected chi connectivity index (χ0v) is 9.76. The molecule has 6 heteroatoms. The van der Waals surface area contributed by atoms with E-state index in [0.29, 0.717) is 13.1 Å². The third kappa shape index (κ3) is 3.40. The van der Waals surface area contributed by atoms with E-state index in [1.807, 2.05) is 19.2 Å². The molecule has 6 nitrogen and oxygen atoms in total. The van der Waals surface area contributed by atoms with Crippen molar-refractivity contribution in [1.82, 2.24) is 20.3 Å². The van der Waals surface area contributed by atoms with Crippen LogP contribution in [-0.2, 0) is 19.6 Å². The molecule has 2 heterocycles. The van der Waals surface area contributed by atoms with Crippen LogP contribution in [-0.4, -0.2) is 26.7 Å². The van der Waals surface area contributed by atoms with Crippen molar-refractivity contribution in [2.75, 3.05) is 6.61 Å². The molecule has 17 heavy (non-hydrogen) atoms. The van der Waals surface area contributed by atoms with Gasteiger partial charge in [0.25, 0.3) is 0 Å². The Hall–Kier alpha value is -1.66. The van der Waals surface area contributed by atoms with Gasteiger partial charge in [-0.3, -0.25) is 4.68 Å². The molecular weight excluding hydrogens is 220 g/mol. The minimum absolute atomic E-state index is 0.104. The molecule has 0 spiro atoms. The second-order valence-corrected chi connectivity index (χ2v) is 3.87. The summed E-state index contributed by atoms with van der Waals surface area (Å²) in [5.41, 5.74) is 1.98. The second-order valence-electron chi connectivity index (χ2n) is 3.87. The first-order chi connectivity index (χ1) is 8.28. The Morgan fingerprint density at radius 1 is 1.47 bits per heavy atom. The number of rotatable bonds is 6. The standard InChI is InChI=1S/C11H16N4O2/c1-9-4-11(14-17-9)7-12-5-10-6-13-15(8-10)2-3-16/h4,6,8,12,16H,2-3,5,7H2,1H3. The van der Waals surface area contributed by atoms with E-state index >= 15 is 0 Å². The molecule has 92 valence electrons. The van der Waals surface area contributed by atoms with Crippen LogP contribution in [0.2, 0.25) is 0 Å². The van der Waals surface area contributed by atoms with E-state index in [9.17, 15) is 0 Å². The lowest BCUT2D eigenvalue weighted by atomic mass is 10.3. The first-order valence-electron chi connectivity index (χ1n) is 5.53. The molecule has 0 amide bonds. The number of nitrogens with one attached hydrogen (secondary N) is 1. The summed E-state index contributed by atoms with van der Waals surface area (Å²) in [4.78, 5) is 0. The highest BCUT2D eigenvalue weighted by atomic mass is 16.5. The highest BCUT2D eigenvalue weighted by molar-refractivity contribution is 5.05. The van der Waals surface area contributed by atoms with E-state index in [2.05, 4.69) is 15.6 Å². The number of aromatic nitrogens is 3. The molecule has 0 saturated carbocycles. The number of aliphatic hydroxyl groups excluding tert-OH is 1. The van der Waals surface area contributed by atoms with E-state index in [0.717, 1.165) is 23.6 Å². The van der Waals surface area contributed by atoms with Crippen molar-refractivity contribution in [2.24, 2.45) is 0 Å². The monoisotopic (exact) mass is 236 g/mol. The van der Waals surface area contributed by atoms with Crippen molar-refractivity contribution in [3.63, 3.8) is 0 Å². The first-order valence-corrected chi connectivity index (χ1v) is 5.53. The van der Waals surface area contributed by atoms with Crippen LogP contribution in [0.1, 0.15) is 17.0 Å². The molecule has 0 saturated heterocycles. The number of hydrogen-bond donors (Lipinski definition) is 2. The average Bonchev–Trinajstić information content (AvgIpc) is 2.89. The van der Waals surface area contributed by atoms with E-state index in [1.165, 1.54) is 0 Å². The van der Waals surface area contributed by atoms with Crippen molar-refractivity contribution in [1.29, 1.82) is 0 Å². The van der Waals surface area contributed by atoms with Gasteiger partial charge in [-0.15, -0.1) is 0 Å². The third-order valence-electron chi connectivity index (χ3n) is 2.33. The molecule has 2 N–H and O–H groups in total. The highest BCUT2D eigenvalue weighted by Gasteiger charge is 2.01. The fourth-order valence-corrected chi connectivity index (χ4v) is 1.56. The molecule has 0 aliphatic rings. The summed E-state index contributed by atoms with van der Waals surface area (Å²) in [7, 11) is 0. The Balaban J connectivity index is 1.77. The van der Waals surface area contributed by atoms with Crippen molar-refractivity contribution >= 4 is 0 Å². The molecule has 0 aromatic carbocycles. The zero-order chi connectivity index (χ0) is 12.1. The Morgan fingerprint density at radius 3 is 3.06 bits per heavy atom. The summed E-state index contributed by atoms with van der Waals surface area (Å²) in [6.07, 6.45) is 3.70. The van der Waals surface area contributed by atoms with E-state index in [-0.39, 0.29) is 6.61 Å². The summed E-state index contributed by atoms with van der Waals surface area (Å²) in [5.74, 6) is 0.817. The molecule has 2 aromatic heterocycles. The number of aryl methyl sites for hydroxylation is 1. The predicted molar refractivity (Wildman–Crippen MR) is 61.1 cm³/mol. The molecular formula is C11H16N4O2. The fourth-order valence-electron chi connectivity index (χ4n) is 1.56. The van der Waals surface area contributed by atoms with Crippen molar-refractivity contribution in [3.05, 3.63) is 35.5 Å². The Morgan fingerprint density at radius 2 is 2.35 bits per heavy atom. The van der Waals surface area contributed by atoms with Gasteiger partial charge in [0.1, 0.15) is 5.76 Å². The molecule has 0 aliphatic carbocycles. The second kappa shape index (κ2) is 5.60. The molecule has 0 aliphatic heterocycles. The Bertz CT molecular complexity index is 463. The van der Waals surface area contributed by atoms with Gasteiger partial charge in [-0.05, 0) is 6.92 Å². The highest BCUT2D eigenvalue weighted by Crippen LogP contribution is 2.02. The first kappa shape index (κ1) is 11.8. The van der Waals surface area contributed by atoms with Crippen LogP contribution in [0.15, 0.2) is 23.0 Å². The smallest absolute Gasteiger partial charge is 0.133 e. The van der Waals surface area contributed by atoms with Crippen LogP contribution in [0.5, 0.6) is 0 Å². The van der Waals surface area contributed by atoms with Crippen molar-refractivity contribution < 1.29 is 9.63 Å². The van der Waals surface area contributed by atoms with Crippen LogP contribution in [0.4, 0.5) is 0 Å². The van der Waals surface area contributed by atoms with Gasteiger partial charge < -0.3 is 14.9 Å². The normalized spacial score (nSPS) is 10.9. The topological polar surface area (TPSA) is 76.1 Å². The van der Waals surface area contributed by atoms with Crippen LogP contribution in [0, 0.1) is 6.92 Å². The summed E-state index contributed by atoms with van der Waals surface area (Å²) < 4.78 is 6.69. The van der Waals surface area contributed by atoms with Crippen LogP contribution >= 0.6 is 0 Å². The zero-order valence-electron chi connectivity index (χ0n) is 9.76. The van der Waals surface area contributed by atoms with E-state index in [1.54, 1.807) is 10.9 Å². The molecule has 0 bridgehead atoms. The summed E-state index contributed by atoms with van der Waals surface area (Å²) >= 11 is 0. The quantitative estimate of drug-likeness (QED) is 0.762. The lowest BCUT2D eigenvalue weighted by Crippen LogP contribution is -2.12. The number of hydrogen-bond acceptors (Lipinski definition) is 5. The van der Waals surface area contributed by atoms with Gasteiger partial charge in [0.05, 0.1) is 25.0 Å². The minimum atomic E-state index is 0.104. The van der Waals surface area contributed by atoms with Gasteiger partial charge in [-0.2, -0.15) is 5.10 Å². The summed E-state index contributed by atoms with van der Waals surface area (Å²) in [5, 5.41) is 20.0. The van der Waals surface area contributed by atoms with Gasteiger partial charge in [0.15, 0.2) is 0 Å². The SMILES string of the molecule is Cc1cc(CNCc2cnn(CCO)c2)no1. The van der Waals surface area contributed by atoms with Crippen molar-refractivity contribution in [2.45, 2.75) is 26.6 Å². The molecule has 2 aromatic rings. The predicted octanol–water partition coefficient (Wildman–Crippen LogP) is 0.462. The Kier molecular flexibility index (Phi) is 3.89. The van der Waals surface area contributed by atoms with Crippen LogP contribution < -0.4 is 5.32 Å². The van der Waals surface area contributed by atoms with Gasteiger partial charge in [-0.25, -0.2) is 0 Å². The van der Waals surface area contributed by atoms with Crippen molar-refractivity contribution in [3.8, 4) is 0 Å². The number of nitrogens with zero attached hydrogens (tertiary/aromatic N) is 3. The maximum absolute atomic E-state index is 8.76. The maximum atomic E-state index is 8.76. The number of aliphatic hydroxyl groups is 1. The largest absolute Gasteiger partial charge is 0.394 e. The molecule has 2 rings (SSSR count). The lowest BCUT2D eigenvalue weighted by molar-refractivity contribution is 0.269. The lowest BCUT2D eigenvalue weighted by Gasteiger charge is -1.99. The molecule has 0 radical (unpaired) electrons.